The standard InChI is InChI=1S/C17H23NO3/c1-11-8-9-12(2)14(10-11)16(19)18-15-7-5-3-4-6-13(15)17(20)21/h8-10,13,15H,3-7H2,1-2H3,(H,18,19)(H,20,21). The molecule has 1 amide bonds. The molecular weight excluding hydrogens is 266 g/mol. The molecule has 21 heavy (non-hydrogen) atoms. The number of hydrogen-bond donors (Lipinski definition) is 2. The van der Waals surface area contributed by atoms with E-state index in [9.17, 15) is 14.7 Å². The van der Waals surface area contributed by atoms with Crippen LogP contribution in [-0.4, -0.2) is 23.0 Å². The van der Waals surface area contributed by atoms with Crippen LogP contribution in [0.1, 0.15) is 53.6 Å². The van der Waals surface area contributed by atoms with Gasteiger partial charge in [0.25, 0.3) is 5.91 Å². The maximum Gasteiger partial charge on any atom is 0.308 e. The number of benzene rings is 1. The van der Waals surface area contributed by atoms with E-state index in [0.29, 0.717) is 12.0 Å². The number of nitrogens with one attached hydrogen (secondary N) is 1. The minimum absolute atomic E-state index is 0.158. The van der Waals surface area contributed by atoms with Gasteiger partial charge in [0.1, 0.15) is 0 Å². The predicted molar refractivity (Wildman–Crippen MR) is 81.4 cm³/mol. The van der Waals surface area contributed by atoms with Crippen molar-refractivity contribution in [3.63, 3.8) is 0 Å². The lowest BCUT2D eigenvalue weighted by Crippen LogP contribution is -2.43. The van der Waals surface area contributed by atoms with Crippen molar-refractivity contribution >= 4 is 11.9 Å². The van der Waals surface area contributed by atoms with Crippen LogP contribution in [0.3, 0.4) is 0 Å². The van der Waals surface area contributed by atoms with E-state index >= 15 is 0 Å². The molecule has 4 nitrogen and oxygen atoms in total. The largest absolute Gasteiger partial charge is 0.481 e. The molecule has 4 heteroatoms. The SMILES string of the molecule is Cc1ccc(C)c(C(=O)NC2CCCCCC2C(=O)O)c1. The molecule has 2 N–H and O–H groups in total. The van der Waals surface area contributed by atoms with Crippen LogP contribution < -0.4 is 5.32 Å². The maximum atomic E-state index is 12.5. The minimum Gasteiger partial charge on any atom is -0.481 e. The van der Waals surface area contributed by atoms with Crippen molar-refractivity contribution in [2.75, 3.05) is 0 Å². The summed E-state index contributed by atoms with van der Waals surface area (Å²) in [4.78, 5) is 23.9. The van der Waals surface area contributed by atoms with Crippen molar-refractivity contribution in [1.82, 2.24) is 5.32 Å². The van der Waals surface area contributed by atoms with Crippen LogP contribution in [0.4, 0.5) is 0 Å². The van der Waals surface area contributed by atoms with Crippen LogP contribution in [0.15, 0.2) is 18.2 Å². The summed E-state index contributed by atoms with van der Waals surface area (Å²) in [5.74, 6) is -1.43. The molecule has 0 radical (unpaired) electrons. The van der Waals surface area contributed by atoms with Crippen molar-refractivity contribution in [2.45, 2.75) is 52.0 Å². The molecule has 2 rings (SSSR count). The quantitative estimate of drug-likeness (QED) is 0.840. The summed E-state index contributed by atoms with van der Waals surface area (Å²) in [7, 11) is 0. The number of carbonyl (C=O) groups excluding carboxylic acids is 1. The van der Waals surface area contributed by atoms with Crippen LogP contribution >= 0.6 is 0 Å². The number of carboxylic acid groups (broad SMARTS) is 1. The molecule has 1 saturated carbocycles. The molecular formula is C17H23NO3. The lowest BCUT2D eigenvalue weighted by molar-refractivity contribution is -0.142. The van der Waals surface area contributed by atoms with Gasteiger partial charge in [-0.3, -0.25) is 9.59 Å². The predicted octanol–water partition coefficient (Wildman–Crippen LogP) is 3.07. The van der Waals surface area contributed by atoms with Gasteiger partial charge < -0.3 is 10.4 Å². The third-order valence-electron chi connectivity index (χ3n) is 4.29. The Kier molecular flexibility index (Phi) is 4.99. The molecule has 0 heterocycles. The van der Waals surface area contributed by atoms with Gasteiger partial charge >= 0.3 is 5.97 Å². The van der Waals surface area contributed by atoms with Gasteiger partial charge in [-0.1, -0.05) is 37.0 Å². The van der Waals surface area contributed by atoms with E-state index in [0.717, 1.165) is 36.8 Å². The third kappa shape index (κ3) is 3.84. The zero-order valence-corrected chi connectivity index (χ0v) is 12.7. The molecule has 114 valence electrons. The molecule has 0 spiro atoms. The normalized spacial score (nSPS) is 22.4. The number of rotatable bonds is 3. The highest BCUT2D eigenvalue weighted by Gasteiger charge is 2.30. The molecule has 2 unspecified atom stereocenters. The fourth-order valence-corrected chi connectivity index (χ4v) is 3.00. The summed E-state index contributed by atoms with van der Waals surface area (Å²) in [5.41, 5.74) is 2.59. The average molecular weight is 289 g/mol. The molecule has 0 saturated heterocycles. The number of hydrogen-bond acceptors (Lipinski definition) is 2. The van der Waals surface area contributed by atoms with Gasteiger partial charge in [0.05, 0.1) is 5.92 Å². The number of carboxylic acids is 1. The zero-order valence-electron chi connectivity index (χ0n) is 12.7. The summed E-state index contributed by atoms with van der Waals surface area (Å²) in [6.07, 6.45) is 4.33. The fraction of sp³-hybridized carbons (Fsp3) is 0.529. The Morgan fingerprint density at radius 1 is 1.14 bits per heavy atom. The topological polar surface area (TPSA) is 66.4 Å². The Hall–Kier alpha value is -1.84. The van der Waals surface area contributed by atoms with Gasteiger partial charge in [0, 0.05) is 11.6 Å². The van der Waals surface area contributed by atoms with Gasteiger partial charge in [0.15, 0.2) is 0 Å². The summed E-state index contributed by atoms with van der Waals surface area (Å²) in [6, 6.07) is 5.48. The Morgan fingerprint density at radius 3 is 2.57 bits per heavy atom. The summed E-state index contributed by atoms with van der Waals surface area (Å²) in [6.45, 7) is 3.85. The highest BCUT2D eigenvalue weighted by Crippen LogP contribution is 2.24. The van der Waals surface area contributed by atoms with Crippen LogP contribution in [0.5, 0.6) is 0 Å². The van der Waals surface area contributed by atoms with E-state index in [1.54, 1.807) is 0 Å². The lowest BCUT2D eigenvalue weighted by Gasteiger charge is -2.23. The summed E-state index contributed by atoms with van der Waals surface area (Å²) >= 11 is 0. The molecule has 1 fully saturated rings. The van der Waals surface area contributed by atoms with Gasteiger partial charge in [-0.15, -0.1) is 0 Å². The van der Waals surface area contributed by atoms with Crippen molar-refractivity contribution in [1.29, 1.82) is 0 Å². The van der Waals surface area contributed by atoms with E-state index in [1.807, 2.05) is 32.0 Å². The zero-order chi connectivity index (χ0) is 15.4. The van der Waals surface area contributed by atoms with Crippen molar-refractivity contribution in [3.8, 4) is 0 Å². The second-order valence-corrected chi connectivity index (χ2v) is 5.98. The second kappa shape index (κ2) is 6.74. The smallest absolute Gasteiger partial charge is 0.308 e. The first kappa shape index (κ1) is 15.5. The van der Waals surface area contributed by atoms with Crippen LogP contribution in [0.2, 0.25) is 0 Å². The number of aryl methyl sites for hydroxylation is 2. The molecule has 2 atom stereocenters. The van der Waals surface area contributed by atoms with Crippen molar-refractivity contribution in [2.24, 2.45) is 5.92 Å². The van der Waals surface area contributed by atoms with Gasteiger partial charge in [0.2, 0.25) is 0 Å². The molecule has 0 aromatic heterocycles. The highest BCUT2D eigenvalue weighted by molar-refractivity contribution is 5.96. The second-order valence-electron chi connectivity index (χ2n) is 5.98. The molecule has 1 aromatic rings. The molecule has 1 aliphatic rings. The summed E-state index contributed by atoms with van der Waals surface area (Å²) < 4.78 is 0. The minimum atomic E-state index is -0.803. The van der Waals surface area contributed by atoms with Gasteiger partial charge in [-0.05, 0) is 38.3 Å². The lowest BCUT2D eigenvalue weighted by atomic mass is 9.94. The van der Waals surface area contributed by atoms with E-state index < -0.39 is 11.9 Å². The van der Waals surface area contributed by atoms with Gasteiger partial charge in [-0.2, -0.15) is 0 Å². The first-order chi connectivity index (χ1) is 9.99. The Morgan fingerprint density at radius 2 is 1.86 bits per heavy atom. The van der Waals surface area contributed by atoms with Crippen molar-refractivity contribution < 1.29 is 14.7 Å². The fourth-order valence-electron chi connectivity index (χ4n) is 3.00. The number of carbonyl (C=O) groups is 2. The maximum absolute atomic E-state index is 12.5. The first-order valence-corrected chi connectivity index (χ1v) is 7.60. The highest BCUT2D eigenvalue weighted by atomic mass is 16.4. The average Bonchev–Trinajstić information content (AvgIpc) is 2.67. The van der Waals surface area contributed by atoms with Crippen molar-refractivity contribution in [3.05, 3.63) is 34.9 Å². The molecule has 0 aliphatic heterocycles. The van der Waals surface area contributed by atoms with E-state index in [4.69, 9.17) is 0 Å². The third-order valence-corrected chi connectivity index (χ3v) is 4.29. The van der Waals surface area contributed by atoms with E-state index in [-0.39, 0.29) is 11.9 Å². The van der Waals surface area contributed by atoms with Crippen LogP contribution in [0, 0.1) is 19.8 Å². The van der Waals surface area contributed by atoms with E-state index in [2.05, 4.69) is 5.32 Å². The molecule has 1 aliphatic carbocycles. The van der Waals surface area contributed by atoms with Crippen LogP contribution in [0.25, 0.3) is 0 Å². The van der Waals surface area contributed by atoms with E-state index in [1.165, 1.54) is 0 Å². The Labute approximate surface area is 125 Å². The first-order valence-electron chi connectivity index (χ1n) is 7.60. The Bertz CT molecular complexity index is 539. The number of amides is 1. The monoisotopic (exact) mass is 289 g/mol. The Balaban J connectivity index is 2.16. The van der Waals surface area contributed by atoms with Gasteiger partial charge in [-0.25, -0.2) is 0 Å². The van der Waals surface area contributed by atoms with Crippen LogP contribution in [-0.2, 0) is 4.79 Å². The molecule has 1 aromatic carbocycles. The summed E-state index contributed by atoms with van der Waals surface area (Å²) in [5, 5.41) is 12.3. The number of aliphatic carboxylic acids is 1. The molecule has 0 bridgehead atoms.